The van der Waals surface area contributed by atoms with Gasteiger partial charge in [0.1, 0.15) is 0 Å². The third-order valence-corrected chi connectivity index (χ3v) is 4.90. The molecule has 1 unspecified atom stereocenters. The predicted octanol–water partition coefficient (Wildman–Crippen LogP) is 4.47. The molecule has 2 nitrogen and oxygen atoms in total. The summed E-state index contributed by atoms with van der Waals surface area (Å²) in [5.41, 5.74) is 0.884. The van der Waals surface area contributed by atoms with Crippen molar-refractivity contribution in [2.24, 2.45) is 5.92 Å². The molecule has 0 aromatic heterocycles. The molecule has 1 aromatic rings. The zero-order valence-corrected chi connectivity index (χ0v) is 14.0. The van der Waals surface area contributed by atoms with Crippen molar-refractivity contribution in [3.8, 4) is 0 Å². The van der Waals surface area contributed by atoms with Crippen molar-refractivity contribution < 1.29 is 0 Å². The summed E-state index contributed by atoms with van der Waals surface area (Å²) in [6.45, 7) is 7.53. The van der Waals surface area contributed by atoms with E-state index in [9.17, 15) is 0 Å². The lowest BCUT2D eigenvalue weighted by atomic mass is 10.1. The Kier molecular flexibility index (Phi) is 6.44. The van der Waals surface area contributed by atoms with Crippen molar-refractivity contribution in [3.05, 3.63) is 32.8 Å². The average Bonchev–Trinajstić information content (AvgIpc) is 2.91. The number of nitrogens with one attached hydrogen (secondary N) is 1. The molecule has 1 fully saturated rings. The third kappa shape index (κ3) is 4.51. The lowest BCUT2D eigenvalue weighted by Crippen LogP contribution is -2.31. The van der Waals surface area contributed by atoms with E-state index >= 15 is 0 Å². The second kappa shape index (κ2) is 7.86. The lowest BCUT2D eigenvalue weighted by Gasteiger charge is -2.20. The van der Waals surface area contributed by atoms with Crippen LogP contribution in [0.2, 0.25) is 15.1 Å². The van der Waals surface area contributed by atoms with Crippen molar-refractivity contribution in [3.63, 3.8) is 0 Å². The molecule has 1 aromatic carbocycles. The van der Waals surface area contributed by atoms with Gasteiger partial charge in [0.25, 0.3) is 0 Å². The SMILES string of the molecule is CC(CNCc1c(Cl)ccc(Cl)c1Cl)CN1CCCC1. The Balaban J connectivity index is 1.79. The van der Waals surface area contributed by atoms with E-state index < -0.39 is 0 Å². The maximum Gasteiger partial charge on any atom is 0.0652 e. The standard InChI is InChI=1S/C15H21Cl3N2/c1-11(10-20-6-2-3-7-20)8-19-9-12-13(16)4-5-14(17)15(12)18/h4-5,11,19H,2-3,6-10H2,1H3. The Bertz CT molecular complexity index is 445. The minimum atomic E-state index is 0.554. The normalized spacial score (nSPS) is 17.6. The number of benzene rings is 1. The highest BCUT2D eigenvalue weighted by Gasteiger charge is 2.15. The van der Waals surface area contributed by atoms with Crippen molar-refractivity contribution >= 4 is 34.8 Å². The van der Waals surface area contributed by atoms with Gasteiger partial charge in [-0.1, -0.05) is 41.7 Å². The van der Waals surface area contributed by atoms with Gasteiger partial charge < -0.3 is 10.2 Å². The number of halogens is 3. The van der Waals surface area contributed by atoms with Crippen molar-refractivity contribution in [2.75, 3.05) is 26.2 Å². The second-order valence-electron chi connectivity index (χ2n) is 5.57. The van der Waals surface area contributed by atoms with Crippen LogP contribution < -0.4 is 5.32 Å². The molecule has 1 aliphatic rings. The van der Waals surface area contributed by atoms with Gasteiger partial charge in [-0.05, 0) is 50.5 Å². The Hall–Kier alpha value is 0.01000. The number of likely N-dealkylation sites (tertiary alicyclic amines) is 1. The minimum absolute atomic E-state index is 0.554. The van der Waals surface area contributed by atoms with Crippen LogP contribution in [-0.4, -0.2) is 31.1 Å². The van der Waals surface area contributed by atoms with Gasteiger partial charge in [0.2, 0.25) is 0 Å². The van der Waals surface area contributed by atoms with Crippen LogP contribution in [0.5, 0.6) is 0 Å². The Morgan fingerprint density at radius 1 is 1.15 bits per heavy atom. The van der Waals surface area contributed by atoms with Gasteiger partial charge in [0.05, 0.1) is 10.0 Å². The van der Waals surface area contributed by atoms with Crippen molar-refractivity contribution in [1.82, 2.24) is 10.2 Å². The second-order valence-corrected chi connectivity index (χ2v) is 6.76. The van der Waals surface area contributed by atoms with Crippen LogP contribution in [0.15, 0.2) is 12.1 Å². The van der Waals surface area contributed by atoms with E-state index in [2.05, 4.69) is 17.1 Å². The van der Waals surface area contributed by atoms with Crippen LogP contribution in [0.3, 0.4) is 0 Å². The summed E-state index contributed by atoms with van der Waals surface area (Å²) in [6, 6.07) is 3.52. The molecule has 1 saturated heterocycles. The van der Waals surface area contributed by atoms with E-state index in [1.54, 1.807) is 12.1 Å². The summed E-state index contributed by atoms with van der Waals surface area (Å²) in [4.78, 5) is 2.53. The summed E-state index contributed by atoms with van der Waals surface area (Å²) in [5, 5.41) is 5.20. The minimum Gasteiger partial charge on any atom is -0.312 e. The molecule has 20 heavy (non-hydrogen) atoms. The zero-order chi connectivity index (χ0) is 14.5. The van der Waals surface area contributed by atoms with Gasteiger partial charge in [0.15, 0.2) is 0 Å². The molecular formula is C15H21Cl3N2. The highest BCUT2D eigenvalue weighted by Crippen LogP contribution is 2.31. The van der Waals surface area contributed by atoms with Crippen molar-refractivity contribution in [1.29, 1.82) is 0 Å². The van der Waals surface area contributed by atoms with Crippen LogP contribution in [0.4, 0.5) is 0 Å². The van der Waals surface area contributed by atoms with Gasteiger partial charge in [-0.15, -0.1) is 0 Å². The number of hydrogen-bond donors (Lipinski definition) is 1. The largest absolute Gasteiger partial charge is 0.312 e. The first-order chi connectivity index (χ1) is 9.58. The van der Waals surface area contributed by atoms with Crippen LogP contribution in [-0.2, 0) is 6.54 Å². The molecule has 1 heterocycles. The summed E-state index contributed by atoms with van der Waals surface area (Å²) < 4.78 is 0. The summed E-state index contributed by atoms with van der Waals surface area (Å²) >= 11 is 18.4. The quantitative estimate of drug-likeness (QED) is 0.772. The fourth-order valence-electron chi connectivity index (χ4n) is 2.65. The van der Waals surface area contributed by atoms with E-state index in [1.165, 1.54) is 25.9 Å². The van der Waals surface area contributed by atoms with E-state index in [-0.39, 0.29) is 0 Å². The Morgan fingerprint density at radius 3 is 2.50 bits per heavy atom. The maximum atomic E-state index is 6.19. The first-order valence-corrected chi connectivity index (χ1v) is 8.26. The van der Waals surface area contributed by atoms with Crippen LogP contribution in [0, 0.1) is 5.92 Å². The summed E-state index contributed by atoms with van der Waals surface area (Å²) in [7, 11) is 0. The average molecular weight is 336 g/mol. The molecule has 0 radical (unpaired) electrons. The molecule has 0 saturated carbocycles. The first-order valence-electron chi connectivity index (χ1n) is 7.13. The van der Waals surface area contributed by atoms with Crippen molar-refractivity contribution in [2.45, 2.75) is 26.3 Å². The smallest absolute Gasteiger partial charge is 0.0652 e. The number of hydrogen-bond acceptors (Lipinski definition) is 2. The molecule has 5 heteroatoms. The topological polar surface area (TPSA) is 15.3 Å². The highest BCUT2D eigenvalue weighted by molar-refractivity contribution is 6.44. The highest BCUT2D eigenvalue weighted by atomic mass is 35.5. The first kappa shape index (κ1) is 16.4. The van der Waals surface area contributed by atoms with Gasteiger partial charge in [-0.2, -0.15) is 0 Å². The zero-order valence-electron chi connectivity index (χ0n) is 11.8. The molecule has 2 rings (SSSR count). The molecule has 112 valence electrons. The number of rotatable bonds is 6. The fourth-order valence-corrected chi connectivity index (χ4v) is 3.33. The molecule has 1 N–H and O–H groups in total. The molecule has 1 aliphatic heterocycles. The maximum absolute atomic E-state index is 6.19. The van der Waals surface area contributed by atoms with E-state index in [0.29, 0.717) is 27.5 Å². The molecule has 0 spiro atoms. The molecule has 0 bridgehead atoms. The monoisotopic (exact) mass is 334 g/mol. The van der Waals surface area contributed by atoms with E-state index in [0.717, 1.165) is 18.7 Å². The Morgan fingerprint density at radius 2 is 1.80 bits per heavy atom. The van der Waals surface area contributed by atoms with Gasteiger partial charge in [-0.3, -0.25) is 0 Å². The fraction of sp³-hybridized carbons (Fsp3) is 0.600. The molecule has 0 amide bonds. The van der Waals surface area contributed by atoms with Gasteiger partial charge in [0, 0.05) is 23.7 Å². The van der Waals surface area contributed by atoms with E-state index in [4.69, 9.17) is 34.8 Å². The summed E-state index contributed by atoms with van der Waals surface area (Å²) in [5.74, 6) is 0.616. The Labute approximate surface area is 136 Å². The van der Waals surface area contributed by atoms with Gasteiger partial charge >= 0.3 is 0 Å². The number of nitrogens with zero attached hydrogens (tertiary/aromatic N) is 1. The van der Waals surface area contributed by atoms with Crippen LogP contribution >= 0.6 is 34.8 Å². The molecule has 1 atom stereocenters. The molecule has 0 aliphatic carbocycles. The van der Waals surface area contributed by atoms with Gasteiger partial charge in [-0.25, -0.2) is 0 Å². The lowest BCUT2D eigenvalue weighted by molar-refractivity contribution is 0.282. The third-order valence-electron chi connectivity index (χ3n) is 3.70. The van der Waals surface area contributed by atoms with Crippen LogP contribution in [0.1, 0.15) is 25.3 Å². The molecular weight excluding hydrogens is 315 g/mol. The predicted molar refractivity (Wildman–Crippen MR) is 88.0 cm³/mol. The van der Waals surface area contributed by atoms with E-state index in [1.807, 2.05) is 0 Å². The van der Waals surface area contributed by atoms with Crippen LogP contribution in [0.25, 0.3) is 0 Å². The summed E-state index contributed by atoms with van der Waals surface area (Å²) in [6.07, 6.45) is 2.68.